The van der Waals surface area contributed by atoms with Crippen molar-refractivity contribution in [3.63, 3.8) is 0 Å². The molecule has 3 rings (SSSR count). The lowest BCUT2D eigenvalue weighted by molar-refractivity contribution is 0.912. The third kappa shape index (κ3) is 1.96. The van der Waals surface area contributed by atoms with Crippen LogP contribution in [-0.4, -0.2) is 17.0 Å². The van der Waals surface area contributed by atoms with Gasteiger partial charge < -0.3 is 5.32 Å². The molecular weight excluding hydrogens is 222 g/mol. The SMILES string of the molecule is CNc1nc(C)cc(-c2ccc3c(c2)CCC3)n1. The first-order valence-electron chi connectivity index (χ1n) is 6.42. The van der Waals surface area contributed by atoms with Gasteiger partial charge in [0.2, 0.25) is 5.95 Å². The molecular formula is C15H17N3. The summed E-state index contributed by atoms with van der Waals surface area (Å²) in [6.45, 7) is 2.00. The summed E-state index contributed by atoms with van der Waals surface area (Å²) in [6.07, 6.45) is 3.70. The average Bonchev–Trinajstić information content (AvgIpc) is 2.85. The second-order valence-electron chi connectivity index (χ2n) is 4.81. The van der Waals surface area contributed by atoms with Crippen LogP contribution in [-0.2, 0) is 12.8 Å². The van der Waals surface area contributed by atoms with Gasteiger partial charge in [-0.05, 0) is 49.4 Å². The van der Waals surface area contributed by atoms with E-state index in [2.05, 4.69) is 33.5 Å². The Labute approximate surface area is 107 Å². The quantitative estimate of drug-likeness (QED) is 0.875. The Balaban J connectivity index is 2.06. The van der Waals surface area contributed by atoms with Crippen molar-refractivity contribution in [1.29, 1.82) is 0 Å². The monoisotopic (exact) mass is 239 g/mol. The minimum Gasteiger partial charge on any atom is -0.357 e. The Morgan fingerprint density at radius 1 is 1.06 bits per heavy atom. The second kappa shape index (κ2) is 4.41. The fourth-order valence-corrected chi connectivity index (χ4v) is 2.56. The molecule has 92 valence electrons. The van der Waals surface area contributed by atoms with E-state index in [1.54, 1.807) is 0 Å². The lowest BCUT2D eigenvalue weighted by Crippen LogP contribution is -1.99. The molecule has 18 heavy (non-hydrogen) atoms. The highest BCUT2D eigenvalue weighted by Gasteiger charge is 2.12. The molecule has 0 amide bonds. The van der Waals surface area contributed by atoms with Gasteiger partial charge in [0.25, 0.3) is 0 Å². The molecule has 1 aliphatic carbocycles. The molecule has 3 heteroatoms. The molecule has 0 unspecified atom stereocenters. The second-order valence-corrected chi connectivity index (χ2v) is 4.81. The minimum atomic E-state index is 0.686. The molecule has 0 saturated heterocycles. The van der Waals surface area contributed by atoms with Gasteiger partial charge in [-0.2, -0.15) is 0 Å². The highest BCUT2D eigenvalue weighted by atomic mass is 15.1. The normalized spacial score (nSPS) is 13.4. The van der Waals surface area contributed by atoms with Gasteiger partial charge >= 0.3 is 0 Å². The zero-order chi connectivity index (χ0) is 12.5. The predicted octanol–water partition coefficient (Wildman–Crippen LogP) is 2.98. The van der Waals surface area contributed by atoms with Crippen LogP contribution < -0.4 is 5.32 Å². The Bertz CT molecular complexity index is 590. The average molecular weight is 239 g/mol. The number of rotatable bonds is 2. The molecule has 0 bridgehead atoms. The fourth-order valence-electron chi connectivity index (χ4n) is 2.56. The Morgan fingerprint density at radius 2 is 1.89 bits per heavy atom. The molecule has 2 aromatic rings. The van der Waals surface area contributed by atoms with Crippen LogP contribution in [0.2, 0.25) is 0 Å². The fraction of sp³-hybridized carbons (Fsp3) is 0.333. The van der Waals surface area contributed by atoms with Gasteiger partial charge in [0.05, 0.1) is 5.69 Å². The molecule has 1 aromatic carbocycles. The van der Waals surface area contributed by atoms with Crippen molar-refractivity contribution in [3.05, 3.63) is 41.1 Å². The van der Waals surface area contributed by atoms with Crippen LogP contribution in [0.15, 0.2) is 24.3 Å². The Hall–Kier alpha value is -1.90. The third-order valence-electron chi connectivity index (χ3n) is 3.47. The maximum absolute atomic E-state index is 4.53. The lowest BCUT2D eigenvalue weighted by atomic mass is 10.0. The van der Waals surface area contributed by atoms with Crippen LogP contribution in [0.4, 0.5) is 5.95 Å². The zero-order valence-corrected chi connectivity index (χ0v) is 10.8. The van der Waals surface area contributed by atoms with E-state index < -0.39 is 0 Å². The number of hydrogen-bond donors (Lipinski definition) is 1. The molecule has 1 aromatic heterocycles. The summed E-state index contributed by atoms with van der Waals surface area (Å²) in [7, 11) is 1.85. The smallest absolute Gasteiger partial charge is 0.223 e. The van der Waals surface area contributed by atoms with E-state index in [0.29, 0.717) is 5.95 Å². The number of fused-ring (bicyclic) bond motifs is 1. The summed E-state index contributed by atoms with van der Waals surface area (Å²) in [5, 5.41) is 3.01. The number of nitrogens with one attached hydrogen (secondary N) is 1. The number of hydrogen-bond acceptors (Lipinski definition) is 3. The van der Waals surface area contributed by atoms with Crippen LogP contribution in [0.1, 0.15) is 23.2 Å². The molecule has 0 aliphatic heterocycles. The van der Waals surface area contributed by atoms with E-state index in [4.69, 9.17) is 0 Å². The summed E-state index contributed by atoms with van der Waals surface area (Å²) in [6, 6.07) is 8.74. The van der Waals surface area contributed by atoms with Gasteiger partial charge in [-0.1, -0.05) is 12.1 Å². The molecule has 1 heterocycles. The van der Waals surface area contributed by atoms with E-state index in [9.17, 15) is 0 Å². The first-order chi connectivity index (χ1) is 8.76. The van der Waals surface area contributed by atoms with Gasteiger partial charge in [-0.25, -0.2) is 9.97 Å². The van der Waals surface area contributed by atoms with Crippen molar-refractivity contribution in [1.82, 2.24) is 9.97 Å². The van der Waals surface area contributed by atoms with Crippen LogP contribution in [0.3, 0.4) is 0 Å². The van der Waals surface area contributed by atoms with Gasteiger partial charge in [-0.3, -0.25) is 0 Å². The Morgan fingerprint density at radius 3 is 2.72 bits per heavy atom. The maximum Gasteiger partial charge on any atom is 0.223 e. The zero-order valence-electron chi connectivity index (χ0n) is 10.8. The first kappa shape index (κ1) is 11.2. The highest BCUT2D eigenvalue weighted by molar-refractivity contribution is 5.63. The van der Waals surface area contributed by atoms with Crippen LogP contribution in [0, 0.1) is 6.92 Å². The first-order valence-corrected chi connectivity index (χ1v) is 6.42. The van der Waals surface area contributed by atoms with E-state index in [1.165, 1.54) is 36.0 Å². The van der Waals surface area contributed by atoms with Crippen molar-refractivity contribution in [2.75, 3.05) is 12.4 Å². The topological polar surface area (TPSA) is 37.8 Å². The van der Waals surface area contributed by atoms with Gasteiger partial charge in [0, 0.05) is 18.3 Å². The number of benzene rings is 1. The van der Waals surface area contributed by atoms with Crippen LogP contribution >= 0.6 is 0 Å². The molecule has 3 nitrogen and oxygen atoms in total. The molecule has 1 N–H and O–H groups in total. The van der Waals surface area contributed by atoms with E-state index in [-0.39, 0.29) is 0 Å². The maximum atomic E-state index is 4.53. The number of aromatic nitrogens is 2. The van der Waals surface area contributed by atoms with Gasteiger partial charge in [-0.15, -0.1) is 0 Å². The largest absolute Gasteiger partial charge is 0.357 e. The number of nitrogens with zero attached hydrogens (tertiary/aromatic N) is 2. The van der Waals surface area contributed by atoms with Gasteiger partial charge in [0.15, 0.2) is 0 Å². The summed E-state index contributed by atoms with van der Waals surface area (Å²) >= 11 is 0. The molecule has 0 fully saturated rings. The molecule has 1 aliphatic rings. The van der Waals surface area contributed by atoms with E-state index in [0.717, 1.165) is 11.4 Å². The number of aryl methyl sites for hydroxylation is 3. The van der Waals surface area contributed by atoms with Crippen LogP contribution in [0.25, 0.3) is 11.3 Å². The lowest BCUT2D eigenvalue weighted by Gasteiger charge is -2.07. The van der Waals surface area contributed by atoms with Crippen molar-refractivity contribution in [2.24, 2.45) is 0 Å². The van der Waals surface area contributed by atoms with Crippen molar-refractivity contribution >= 4 is 5.95 Å². The van der Waals surface area contributed by atoms with Crippen molar-refractivity contribution in [3.8, 4) is 11.3 Å². The predicted molar refractivity (Wildman–Crippen MR) is 73.8 cm³/mol. The standard InChI is InChI=1S/C15H17N3/c1-10-8-14(18-15(16-2)17-10)13-7-6-11-4-3-5-12(11)9-13/h6-9H,3-5H2,1-2H3,(H,16,17,18). The van der Waals surface area contributed by atoms with E-state index >= 15 is 0 Å². The third-order valence-corrected chi connectivity index (χ3v) is 3.47. The molecule has 0 atom stereocenters. The van der Waals surface area contributed by atoms with Crippen molar-refractivity contribution in [2.45, 2.75) is 26.2 Å². The Kier molecular flexibility index (Phi) is 2.74. The number of anilines is 1. The summed E-state index contributed by atoms with van der Waals surface area (Å²) in [4.78, 5) is 8.85. The minimum absolute atomic E-state index is 0.686. The summed E-state index contributed by atoms with van der Waals surface area (Å²) in [5.74, 6) is 0.686. The molecule has 0 spiro atoms. The summed E-state index contributed by atoms with van der Waals surface area (Å²) in [5.41, 5.74) is 6.16. The summed E-state index contributed by atoms with van der Waals surface area (Å²) < 4.78 is 0. The molecule has 0 saturated carbocycles. The van der Waals surface area contributed by atoms with E-state index in [1.807, 2.05) is 20.0 Å². The highest BCUT2D eigenvalue weighted by Crippen LogP contribution is 2.27. The van der Waals surface area contributed by atoms with Crippen LogP contribution in [0.5, 0.6) is 0 Å². The molecule has 0 radical (unpaired) electrons. The van der Waals surface area contributed by atoms with Crippen molar-refractivity contribution < 1.29 is 0 Å². The van der Waals surface area contributed by atoms with Gasteiger partial charge in [0.1, 0.15) is 0 Å².